The molecule has 0 spiro atoms. The first-order valence-electron chi connectivity index (χ1n) is 11.2. The molecule has 1 unspecified atom stereocenters. The van der Waals surface area contributed by atoms with Crippen LogP contribution in [0.1, 0.15) is 62.8 Å². The summed E-state index contributed by atoms with van der Waals surface area (Å²) in [5.41, 5.74) is 6.15. The lowest BCUT2D eigenvalue weighted by Crippen LogP contribution is -2.23. The molecule has 3 aromatic rings. The molecule has 0 N–H and O–H groups in total. The summed E-state index contributed by atoms with van der Waals surface area (Å²) in [5, 5.41) is 0. The highest BCUT2D eigenvalue weighted by Crippen LogP contribution is 2.52. The molecule has 162 valence electrons. The molecule has 1 aliphatic rings. The molecule has 1 atom stereocenters. The van der Waals surface area contributed by atoms with Gasteiger partial charge in [-0.1, -0.05) is 106 Å². The number of aryl methyl sites for hydroxylation is 1. The normalized spacial score (nSPS) is 18.5. The van der Waals surface area contributed by atoms with Crippen LogP contribution in [0.25, 0.3) is 0 Å². The number of carbonyl (C=O) groups is 1. The minimum atomic E-state index is -0.201. The molecule has 0 saturated carbocycles. The first kappa shape index (κ1) is 22.8. The van der Waals surface area contributed by atoms with Crippen LogP contribution in [-0.4, -0.2) is 12.6 Å². The highest BCUT2D eigenvalue weighted by molar-refractivity contribution is 5.65. The topological polar surface area (TPSA) is 26.3 Å². The monoisotopic (exact) mass is 414 g/mol. The second-order valence-corrected chi connectivity index (χ2v) is 9.23. The maximum atomic E-state index is 10.4. The Kier molecular flexibility index (Phi) is 7.33. The Morgan fingerprint density at radius 3 is 1.97 bits per heavy atom. The Morgan fingerprint density at radius 2 is 1.35 bits per heavy atom. The molecule has 3 aromatic carbocycles. The molecule has 0 heterocycles. The highest BCUT2D eigenvalue weighted by Gasteiger charge is 2.45. The van der Waals surface area contributed by atoms with Gasteiger partial charge in [0.15, 0.2) is 0 Å². The number of ether oxygens (including phenoxy) is 1. The molecular weight excluding hydrogens is 380 g/mol. The fourth-order valence-corrected chi connectivity index (χ4v) is 4.83. The quantitative estimate of drug-likeness (QED) is 0.337. The van der Waals surface area contributed by atoms with Crippen LogP contribution >= 0.6 is 0 Å². The first-order valence-corrected chi connectivity index (χ1v) is 11.2. The standard InChI is InChI=1S/C18H20.C11H14O2/c1-17(2)13-18(3,14-9-5-4-6-10-14)16-12-8-7-11-15(16)17;1-10(12)13-9-5-8-11-6-3-2-4-7-11/h4-12H,13H2,1-3H3;2-4,6-7H,5,8-9H2,1H3. The Hall–Kier alpha value is -2.87. The van der Waals surface area contributed by atoms with Crippen molar-refractivity contribution in [3.8, 4) is 0 Å². The largest absolute Gasteiger partial charge is 0.466 e. The van der Waals surface area contributed by atoms with Crippen molar-refractivity contribution in [3.05, 3.63) is 107 Å². The van der Waals surface area contributed by atoms with Crippen LogP contribution in [0.3, 0.4) is 0 Å². The Balaban J connectivity index is 0.000000187. The van der Waals surface area contributed by atoms with E-state index in [0.717, 1.165) is 12.8 Å². The summed E-state index contributed by atoms with van der Waals surface area (Å²) in [6.45, 7) is 9.06. The van der Waals surface area contributed by atoms with E-state index in [2.05, 4.69) is 87.5 Å². The summed E-state index contributed by atoms with van der Waals surface area (Å²) in [5.74, 6) is -0.201. The van der Waals surface area contributed by atoms with Gasteiger partial charge in [0.2, 0.25) is 0 Å². The molecule has 2 heteroatoms. The third kappa shape index (κ3) is 5.64. The molecule has 31 heavy (non-hydrogen) atoms. The van der Waals surface area contributed by atoms with E-state index in [4.69, 9.17) is 4.74 Å². The van der Waals surface area contributed by atoms with Crippen molar-refractivity contribution in [2.75, 3.05) is 6.61 Å². The van der Waals surface area contributed by atoms with Crippen molar-refractivity contribution < 1.29 is 9.53 Å². The zero-order valence-electron chi connectivity index (χ0n) is 19.2. The number of hydrogen-bond acceptors (Lipinski definition) is 2. The van der Waals surface area contributed by atoms with E-state index in [1.807, 2.05) is 18.2 Å². The Bertz CT molecular complexity index is 976. The van der Waals surface area contributed by atoms with Crippen LogP contribution in [0.15, 0.2) is 84.9 Å². The molecule has 0 radical (unpaired) electrons. The number of fused-ring (bicyclic) bond motifs is 1. The molecule has 0 bridgehead atoms. The fourth-order valence-electron chi connectivity index (χ4n) is 4.83. The van der Waals surface area contributed by atoms with Crippen LogP contribution in [-0.2, 0) is 26.8 Å². The summed E-state index contributed by atoms with van der Waals surface area (Å²) < 4.78 is 4.82. The molecule has 0 amide bonds. The van der Waals surface area contributed by atoms with Crippen molar-refractivity contribution >= 4 is 5.97 Å². The third-order valence-electron chi connectivity index (χ3n) is 6.22. The third-order valence-corrected chi connectivity index (χ3v) is 6.22. The first-order chi connectivity index (χ1) is 14.8. The minimum absolute atomic E-state index is 0.154. The number of hydrogen-bond donors (Lipinski definition) is 0. The summed E-state index contributed by atoms with van der Waals surface area (Å²) >= 11 is 0. The zero-order valence-corrected chi connectivity index (χ0v) is 19.2. The number of benzene rings is 3. The van der Waals surface area contributed by atoms with Gasteiger partial charge in [-0.05, 0) is 46.9 Å². The summed E-state index contributed by atoms with van der Waals surface area (Å²) in [7, 11) is 0. The molecule has 0 aromatic heterocycles. The zero-order chi connectivity index (χ0) is 22.3. The van der Waals surface area contributed by atoms with Crippen molar-refractivity contribution in [1.82, 2.24) is 0 Å². The lowest BCUT2D eigenvalue weighted by Gasteiger charge is -2.28. The van der Waals surface area contributed by atoms with Crippen LogP contribution in [0.5, 0.6) is 0 Å². The van der Waals surface area contributed by atoms with E-state index in [1.54, 1.807) is 0 Å². The van der Waals surface area contributed by atoms with Gasteiger partial charge >= 0.3 is 5.97 Å². The van der Waals surface area contributed by atoms with Crippen LogP contribution < -0.4 is 0 Å². The summed E-state index contributed by atoms with van der Waals surface area (Å²) in [6.07, 6.45) is 3.04. The van der Waals surface area contributed by atoms with Gasteiger partial charge in [0.05, 0.1) is 6.61 Å². The van der Waals surface area contributed by atoms with Crippen molar-refractivity contribution in [3.63, 3.8) is 0 Å². The molecule has 2 nitrogen and oxygen atoms in total. The predicted molar refractivity (Wildman–Crippen MR) is 128 cm³/mol. The maximum Gasteiger partial charge on any atom is 0.302 e. The second-order valence-electron chi connectivity index (χ2n) is 9.23. The van der Waals surface area contributed by atoms with E-state index in [1.165, 1.54) is 35.6 Å². The van der Waals surface area contributed by atoms with Gasteiger partial charge in [-0.15, -0.1) is 0 Å². The van der Waals surface area contributed by atoms with Gasteiger partial charge in [0.1, 0.15) is 0 Å². The van der Waals surface area contributed by atoms with Crippen molar-refractivity contribution in [2.24, 2.45) is 0 Å². The average Bonchev–Trinajstić information content (AvgIpc) is 3.00. The maximum absolute atomic E-state index is 10.4. The van der Waals surface area contributed by atoms with Crippen LogP contribution in [0.2, 0.25) is 0 Å². The van der Waals surface area contributed by atoms with E-state index in [-0.39, 0.29) is 16.8 Å². The van der Waals surface area contributed by atoms with Gasteiger partial charge in [0, 0.05) is 12.3 Å². The van der Waals surface area contributed by atoms with E-state index in [9.17, 15) is 4.79 Å². The molecule has 0 saturated heterocycles. The summed E-state index contributed by atoms with van der Waals surface area (Å²) in [4.78, 5) is 10.4. The van der Waals surface area contributed by atoms with Crippen molar-refractivity contribution in [2.45, 2.75) is 57.8 Å². The smallest absolute Gasteiger partial charge is 0.302 e. The molecule has 4 rings (SSSR count). The van der Waals surface area contributed by atoms with Crippen molar-refractivity contribution in [1.29, 1.82) is 0 Å². The average molecular weight is 415 g/mol. The lowest BCUT2D eigenvalue weighted by atomic mass is 9.75. The van der Waals surface area contributed by atoms with Crippen LogP contribution in [0.4, 0.5) is 0 Å². The van der Waals surface area contributed by atoms with E-state index >= 15 is 0 Å². The number of rotatable bonds is 5. The minimum Gasteiger partial charge on any atom is -0.466 e. The SMILES string of the molecule is CC(=O)OCCCc1ccccc1.CC1(C)CC(C)(c2ccccc2)c2ccccc21. The molecular formula is C29H34O2. The number of esters is 1. The van der Waals surface area contributed by atoms with Gasteiger partial charge in [-0.3, -0.25) is 4.79 Å². The lowest BCUT2D eigenvalue weighted by molar-refractivity contribution is -0.141. The molecule has 1 aliphatic carbocycles. The van der Waals surface area contributed by atoms with E-state index < -0.39 is 0 Å². The van der Waals surface area contributed by atoms with Gasteiger partial charge in [-0.2, -0.15) is 0 Å². The van der Waals surface area contributed by atoms with Crippen LogP contribution in [0, 0.1) is 0 Å². The molecule has 0 aliphatic heterocycles. The fraction of sp³-hybridized carbons (Fsp3) is 0.345. The Morgan fingerprint density at radius 1 is 0.806 bits per heavy atom. The number of carbonyl (C=O) groups excluding carboxylic acids is 1. The van der Waals surface area contributed by atoms with Gasteiger partial charge in [0.25, 0.3) is 0 Å². The van der Waals surface area contributed by atoms with Gasteiger partial charge < -0.3 is 4.74 Å². The molecule has 0 fully saturated rings. The van der Waals surface area contributed by atoms with E-state index in [0.29, 0.717) is 6.61 Å². The predicted octanol–water partition coefficient (Wildman–Crippen LogP) is 6.86. The van der Waals surface area contributed by atoms with Gasteiger partial charge in [-0.25, -0.2) is 0 Å². The summed E-state index contributed by atoms with van der Waals surface area (Å²) in [6, 6.07) is 30.0. The second kappa shape index (κ2) is 9.96. The Labute approximate surface area is 187 Å². The highest BCUT2D eigenvalue weighted by atomic mass is 16.5.